The van der Waals surface area contributed by atoms with Gasteiger partial charge in [-0.2, -0.15) is 5.10 Å². The highest BCUT2D eigenvalue weighted by molar-refractivity contribution is 5.83. The smallest absolute Gasteiger partial charge is 0.241 e. The Morgan fingerprint density at radius 1 is 1.17 bits per heavy atom. The van der Waals surface area contributed by atoms with Crippen LogP contribution in [0.25, 0.3) is 0 Å². The highest BCUT2D eigenvalue weighted by atomic mass is 16.5. The third-order valence-corrected chi connectivity index (χ3v) is 4.03. The first-order valence-electron chi connectivity index (χ1n) is 8.06. The second kappa shape index (κ2) is 9.24. The molecule has 1 fully saturated rings. The summed E-state index contributed by atoms with van der Waals surface area (Å²) in [5, 5.41) is 4.01. The molecule has 1 aromatic carbocycles. The third kappa shape index (κ3) is 5.82. The third-order valence-electron chi connectivity index (χ3n) is 4.03. The van der Waals surface area contributed by atoms with E-state index in [0.29, 0.717) is 17.9 Å². The SMILES string of the molecule is COc1cc(C=NNC(=O)CCN2CCN(C)CC2)cc(OC)c1. The summed E-state index contributed by atoms with van der Waals surface area (Å²) >= 11 is 0. The van der Waals surface area contributed by atoms with Crippen molar-refractivity contribution in [3.8, 4) is 11.5 Å². The van der Waals surface area contributed by atoms with Gasteiger partial charge in [-0.3, -0.25) is 4.79 Å². The molecule has 1 amide bonds. The van der Waals surface area contributed by atoms with Crippen molar-refractivity contribution in [1.29, 1.82) is 0 Å². The lowest BCUT2D eigenvalue weighted by molar-refractivity contribution is -0.121. The van der Waals surface area contributed by atoms with E-state index in [1.807, 2.05) is 12.1 Å². The van der Waals surface area contributed by atoms with E-state index in [9.17, 15) is 4.79 Å². The molecule has 1 heterocycles. The Labute approximate surface area is 143 Å². The van der Waals surface area contributed by atoms with E-state index in [1.54, 1.807) is 26.5 Å². The Morgan fingerprint density at radius 2 is 1.79 bits per heavy atom. The Morgan fingerprint density at radius 3 is 2.38 bits per heavy atom. The van der Waals surface area contributed by atoms with E-state index < -0.39 is 0 Å². The number of likely N-dealkylation sites (N-methyl/N-ethyl adjacent to an activating group) is 1. The fourth-order valence-corrected chi connectivity index (χ4v) is 2.47. The topological polar surface area (TPSA) is 66.4 Å². The normalized spacial score (nSPS) is 16.3. The largest absolute Gasteiger partial charge is 0.497 e. The van der Waals surface area contributed by atoms with Gasteiger partial charge in [0.15, 0.2) is 0 Å². The number of carbonyl (C=O) groups is 1. The van der Waals surface area contributed by atoms with Crippen LogP contribution >= 0.6 is 0 Å². The Hall–Kier alpha value is -2.12. The molecule has 24 heavy (non-hydrogen) atoms. The highest BCUT2D eigenvalue weighted by Gasteiger charge is 2.14. The van der Waals surface area contributed by atoms with Crippen LogP contribution in [0.3, 0.4) is 0 Å². The monoisotopic (exact) mass is 334 g/mol. The number of amides is 1. The zero-order valence-electron chi connectivity index (χ0n) is 14.6. The van der Waals surface area contributed by atoms with Gasteiger partial charge in [-0.05, 0) is 19.2 Å². The average molecular weight is 334 g/mol. The van der Waals surface area contributed by atoms with Gasteiger partial charge >= 0.3 is 0 Å². The Kier molecular flexibility index (Phi) is 7.02. The van der Waals surface area contributed by atoms with Gasteiger partial charge < -0.3 is 19.3 Å². The number of nitrogens with zero attached hydrogens (tertiary/aromatic N) is 3. The average Bonchev–Trinajstić information content (AvgIpc) is 2.61. The van der Waals surface area contributed by atoms with Gasteiger partial charge in [0.05, 0.1) is 20.4 Å². The minimum atomic E-state index is -0.0833. The summed E-state index contributed by atoms with van der Waals surface area (Å²) < 4.78 is 10.4. The van der Waals surface area contributed by atoms with Crippen molar-refractivity contribution in [1.82, 2.24) is 15.2 Å². The van der Waals surface area contributed by atoms with Gasteiger partial charge in [0.2, 0.25) is 5.91 Å². The predicted molar refractivity (Wildman–Crippen MR) is 93.8 cm³/mol. The fourth-order valence-electron chi connectivity index (χ4n) is 2.47. The molecule has 132 valence electrons. The lowest BCUT2D eigenvalue weighted by Gasteiger charge is -2.32. The van der Waals surface area contributed by atoms with Crippen LogP contribution in [0.4, 0.5) is 0 Å². The summed E-state index contributed by atoms with van der Waals surface area (Å²) in [6.45, 7) is 4.89. The number of nitrogens with one attached hydrogen (secondary N) is 1. The van der Waals surface area contributed by atoms with Gasteiger partial charge in [0, 0.05) is 50.8 Å². The molecule has 7 heteroatoms. The Bertz CT molecular complexity index is 547. The van der Waals surface area contributed by atoms with Gasteiger partial charge in [0.25, 0.3) is 0 Å². The van der Waals surface area contributed by atoms with Crippen molar-refractivity contribution in [2.24, 2.45) is 5.10 Å². The molecule has 0 unspecified atom stereocenters. The van der Waals surface area contributed by atoms with Crippen LogP contribution in [-0.4, -0.2) is 75.9 Å². The summed E-state index contributed by atoms with van der Waals surface area (Å²) in [5.41, 5.74) is 3.36. The molecule has 0 aliphatic carbocycles. The second-order valence-corrected chi connectivity index (χ2v) is 5.83. The first-order chi connectivity index (χ1) is 11.6. The molecule has 0 bridgehead atoms. The summed E-state index contributed by atoms with van der Waals surface area (Å²) in [5.74, 6) is 1.27. The van der Waals surface area contributed by atoms with Crippen LogP contribution in [0, 0.1) is 0 Å². The maximum absolute atomic E-state index is 11.9. The standard InChI is InChI=1S/C17H26N4O3/c1-20-6-8-21(9-7-20)5-4-17(22)19-18-13-14-10-15(23-2)12-16(11-14)24-3/h10-13H,4-9H2,1-3H3,(H,19,22). The first kappa shape index (κ1) is 18.2. The van der Waals surface area contributed by atoms with E-state index >= 15 is 0 Å². The van der Waals surface area contributed by atoms with Crippen molar-refractivity contribution in [2.75, 3.05) is 54.0 Å². The van der Waals surface area contributed by atoms with E-state index in [2.05, 4.69) is 27.4 Å². The lowest BCUT2D eigenvalue weighted by atomic mass is 10.2. The number of hydrazone groups is 1. The molecule has 1 aliphatic heterocycles. The molecule has 0 aromatic heterocycles. The van der Waals surface area contributed by atoms with Crippen molar-refractivity contribution in [3.63, 3.8) is 0 Å². The van der Waals surface area contributed by atoms with Crippen LogP contribution in [0.15, 0.2) is 23.3 Å². The summed E-state index contributed by atoms with van der Waals surface area (Å²) in [4.78, 5) is 16.5. The number of methoxy groups -OCH3 is 2. The molecule has 1 aliphatic rings. The minimum absolute atomic E-state index is 0.0833. The quantitative estimate of drug-likeness (QED) is 0.590. The first-order valence-corrected chi connectivity index (χ1v) is 8.06. The zero-order valence-corrected chi connectivity index (χ0v) is 14.6. The van der Waals surface area contributed by atoms with Gasteiger partial charge in [0.1, 0.15) is 11.5 Å². The van der Waals surface area contributed by atoms with Crippen molar-refractivity contribution >= 4 is 12.1 Å². The van der Waals surface area contributed by atoms with Crippen LogP contribution < -0.4 is 14.9 Å². The molecule has 1 saturated heterocycles. The van der Waals surface area contributed by atoms with Gasteiger partial charge in [-0.25, -0.2) is 5.43 Å². The minimum Gasteiger partial charge on any atom is -0.497 e. The van der Waals surface area contributed by atoms with Crippen molar-refractivity contribution in [2.45, 2.75) is 6.42 Å². The van der Waals surface area contributed by atoms with E-state index in [0.717, 1.165) is 38.3 Å². The highest BCUT2D eigenvalue weighted by Crippen LogP contribution is 2.21. The maximum atomic E-state index is 11.9. The van der Waals surface area contributed by atoms with Crippen LogP contribution in [-0.2, 0) is 4.79 Å². The molecular weight excluding hydrogens is 308 g/mol. The molecule has 0 spiro atoms. The maximum Gasteiger partial charge on any atom is 0.241 e. The molecular formula is C17H26N4O3. The summed E-state index contributed by atoms with van der Waals surface area (Å²) in [6.07, 6.45) is 2.03. The molecule has 7 nitrogen and oxygen atoms in total. The molecule has 2 rings (SSSR count). The summed E-state index contributed by atoms with van der Waals surface area (Å²) in [6, 6.07) is 5.43. The number of piperazine rings is 1. The molecule has 0 saturated carbocycles. The van der Waals surface area contributed by atoms with Crippen molar-refractivity contribution < 1.29 is 14.3 Å². The van der Waals surface area contributed by atoms with E-state index in [4.69, 9.17) is 9.47 Å². The van der Waals surface area contributed by atoms with Gasteiger partial charge in [-0.1, -0.05) is 0 Å². The number of carbonyl (C=O) groups excluding carboxylic acids is 1. The lowest BCUT2D eigenvalue weighted by Crippen LogP contribution is -2.45. The van der Waals surface area contributed by atoms with Crippen LogP contribution in [0.2, 0.25) is 0 Å². The van der Waals surface area contributed by atoms with E-state index in [1.165, 1.54) is 0 Å². The number of hydrogen-bond acceptors (Lipinski definition) is 6. The molecule has 0 radical (unpaired) electrons. The number of hydrogen-bond donors (Lipinski definition) is 1. The second-order valence-electron chi connectivity index (χ2n) is 5.83. The van der Waals surface area contributed by atoms with Crippen molar-refractivity contribution in [3.05, 3.63) is 23.8 Å². The Balaban J connectivity index is 1.77. The number of benzene rings is 1. The van der Waals surface area contributed by atoms with E-state index in [-0.39, 0.29) is 5.91 Å². The fraction of sp³-hybridized carbons (Fsp3) is 0.529. The number of rotatable bonds is 7. The zero-order chi connectivity index (χ0) is 17.4. The number of ether oxygens (including phenoxy) is 2. The predicted octanol–water partition coefficient (Wildman–Crippen LogP) is 0.791. The molecule has 1 N–H and O–H groups in total. The van der Waals surface area contributed by atoms with Gasteiger partial charge in [-0.15, -0.1) is 0 Å². The molecule has 1 aromatic rings. The molecule has 0 atom stereocenters. The van der Waals surface area contributed by atoms with Crippen LogP contribution in [0.5, 0.6) is 11.5 Å². The van der Waals surface area contributed by atoms with Crippen LogP contribution in [0.1, 0.15) is 12.0 Å². The summed E-state index contributed by atoms with van der Waals surface area (Å²) in [7, 11) is 5.30.